The number of nitrogens with two attached hydrogens (primary N) is 1. The van der Waals surface area contributed by atoms with Crippen LogP contribution in [0.15, 0.2) is 60.7 Å². The molecule has 0 radical (unpaired) electrons. The van der Waals surface area contributed by atoms with Gasteiger partial charge in [-0.05, 0) is 25.0 Å². The van der Waals surface area contributed by atoms with Crippen molar-refractivity contribution >= 4 is 0 Å². The molecule has 0 aromatic heterocycles. The van der Waals surface area contributed by atoms with Gasteiger partial charge >= 0.3 is 0 Å². The van der Waals surface area contributed by atoms with Gasteiger partial charge in [0.25, 0.3) is 0 Å². The van der Waals surface area contributed by atoms with Crippen LogP contribution in [0.1, 0.15) is 30.9 Å². The van der Waals surface area contributed by atoms with Crippen LogP contribution in [0.5, 0.6) is 0 Å². The van der Waals surface area contributed by atoms with Gasteiger partial charge in [-0.2, -0.15) is 0 Å². The Kier molecular flexibility index (Phi) is 5.93. The fraction of sp³-hybridized carbons (Fsp3) is 0.333. The summed E-state index contributed by atoms with van der Waals surface area (Å²) in [5.41, 5.74) is 5.40. The highest BCUT2D eigenvalue weighted by atomic mass is 16.5. The normalized spacial score (nSPS) is 12.8. The lowest BCUT2D eigenvalue weighted by molar-refractivity contribution is 0.0580. The van der Waals surface area contributed by atoms with Gasteiger partial charge in [0.05, 0.1) is 18.8 Å². The molecule has 1 unspecified atom stereocenters. The molecule has 3 nitrogen and oxygen atoms in total. The largest absolute Gasteiger partial charge is 0.377 e. The molecule has 0 saturated carbocycles. The van der Waals surface area contributed by atoms with Crippen molar-refractivity contribution in [3.8, 4) is 0 Å². The predicted molar refractivity (Wildman–Crippen MR) is 86.9 cm³/mol. The summed E-state index contributed by atoms with van der Waals surface area (Å²) in [6.45, 7) is 4.64. The zero-order valence-corrected chi connectivity index (χ0v) is 12.7. The van der Waals surface area contributed by atoms with Crippen molar-refractivity contribution < 1.29 is 4.74 Å². The number of benzene rings is 2. The number of hydrogen-bond acceptors (Lipinski definition) is 3. The van der Waals surface area contributed by atoms with E-state index in [1.807, 2.05) is 26.0 Å². The summed E-state index contributed by atoms with van der Waals surface area (Å²) in [6.07, 6.45) is 0.188. The lowest BCUT2D eigenvalue weighted by atomic mass is 9.85. The van der Waals surface area contributed by atoms with Gasteiger partial charge < -0.3 is 4.74 Å². The molecule has 0 spiro atoms. The highest BCUT2D eigenvalue weighted by Crippen LogP contribution is 2.28. The van der Waals surface area contributed by atoms with Crippen molar-refractivity contribution in [1.82, 2.24) is 5.43 Å². The Morgan fingerprint density at radius 2 is 1.38 bits per heavy atom. The third kappa shape index (κ3) is 4.39. The lowest BCUT2D eigenvalue weighted by Crippen LogP contribution is -2.44. The second kappa shape index (κ2) is 7.93. The van der Waals surface area contributed by atoms with E-state index in [9.17, 15) is 0 Å². The van der Waals surface area contributed by atoms with E-state index >= 15 is 0 Å². The maximum Gasteiger partial charge on any atom is 0.0645 e. The molecule has 0 heterocycles. The molecule has 0 saturated heterocycles. The van der Waals surface area contributed by atoms with Crippen LogP contribution in [0, 0.1) is 0 Å². The van der Waals surface area contributed by atoms with Crippen LogP contribution in [0.4, 0.5) is 0 Å². The van der Waals surface area contributed by atoms with E-state index in [0.29, 0.717) is 6.61 Å². The van der Waals surface area contributed by atoms with Crippen molar-refractivity contribution in [2.24, 2.45) is 5.84 Å². The maximum absolute atomic E-state index is 5.80. The number of ether oxygens (including phenoxy) is 1. The first-order chi connectivity index (χ1) is 10.2. The Bertz CT molecular complexity index is 474. The van der Waals surface area contributed by atoms with Crippen molar-refractivity contribution in [2.75, 3.05) is 6.61 Å². The number of hydrazine groups is 1. The Balaban J connectivity index is 2.31. The summed E-state index contributed by atoms with van der Waals surface area (Å²) in [5, 5.41) is 0. The monoisotopic (exact) mass is 284 g/mol. The second-order valence-corrected chi connectivity index (χ2v) is 5.45. The zero-order chi connectivity index (χ0) is 15.1. The van der Waals surface area contributed by atoms with E-state index in [1.54, 1.807) is 0 Å². The highest BCUT2D eigenvalue weighted by Gasteiger charge is 2.24. The van der Waals surface area contributed by atoms with Gasteiger partial charge in [0.15, 0.2) is 0 Å². The molecule has 0 aliphatic rings. The molecule has 0 fully saturated rings. The van der Waals surface area contributed by atoms with E-state index in [1.165, 1.54) is 11.1 Å². The third-order valence-corrected chi connectivity index (χ3v) is 3.54. The first-order valence-electron chi connectivity index (χ1n) is 7.40. The number of rotatable bonds is 7. The van der Waals surface area contributed by atoms with Crippen molar-refractivity contribution in [3.05, 3.63) is 71.8 Å². The van der Waals surface area contributed by atoms with Crippen LogP contribution < -0.4 is 11.3 Å². The zero-order valence-electron chi connectivity index (χ0n) is 12.7. The van der Waals surface area contributed by atoms with E-state index in [0.717, 1.165) is 0 Å². The minimum atomic E-state index is 0.0252. The molecule has 1 atom stereocenters. The summed E-state index contributed by atoms with van der Waals surface area (Å²) < 4.78 is 5.78. The first kappa shape index (κ1) is 15.7. The molecule has 2 rings (SSSR count). The topological polar surface area (TPSA) is 47.3 Å². The fourth-order valence-corrected chi connectivity index (χ4v) is 2.51. The SMILES string of the molecule is CC(C)OCC(NN)C(c1ccccc1)c1ccccc1. The molecular formula is C18H24N2O. The van der Waals surface area contributed by atoms with Crippen LogP contribution >= 0.6 is 0 Å². The molecule has 0 aliphatic carbocycles. The Hall–Kier alpha value is -1.68. The predicted octanol–water partition coefficient (Wildman–Crippen LogP) is 3.08. The molecule has 112 valence electrons. The summed E-state index contributed by atoms with van der Waals surface area (Å²) in [4.78, 5) is 0. The van der Waals surface area contributed by atoms with Crippen molar-refractivity contribution in [3.63, 3.8) is 0 Å². The second-order valence-electron chi connectivity index (χ2n) is 5.45. The fourth-order valence-electron chi connectivity index (χ4n) is 2.51. The van der Waals surface area contributed by atoms with Gasteiger partial charge in [-0.25, -0.2) is 0 Å². The quantitative estimate of drug-likeness (QED) is 0.607. The lowest BCUT2D eigenvalue weighted by Gasteiger charge is -2.28. The first-order valence-corrected chi connectivity index (χ1v) is 7.40. The smallest absolute Gasteiger partial charge is 0.0645 e. The molecule has 2 aromatic carbocycles. The molecular weight excluding hydrogens is 260 g/mol. The van der Waals surface area contributed by atoms with Gasteiger partial charge in [0.1, 0.15) is 0 Å². The average molecular weight is 284 g/mol. The number of hydrogen-bond donors (Lipinski definition) is 2. The average Bonchev–Trinajstić information content (AvgIpc) is 2.53. The summed E-state index contributed by atoms with van der Waals surface area (Å²) in [5.74, 6) is 5.97. The molecule has 0 bridgehead atoms. The number of nitrogens with one attached hydrogen (secondary N) is 1. The van der Waals surface area contributed by atoms with Gasteiger partial charge in [-0.3, -0.25) is 11.3 Å². The van der Waals surface area contributed by atoms with Gasteiger partial charge in [0, 0.05) is 5.92 Å². The van der Waals surface area contributed by atoms with Gasteiger partial charge in [-0.15, -0.1) is 0 Å². The van der Waals surface area contributed by atoms with E-state index in [4.69, 9.17) is 10.6 Å². The highest BCUT2D eigenvalue weighted by molar-refractivity contribution is 5.34. The van der Waals surface area contributed by atoms with Gasteiger partial charge in [-0.1, -0.05) is 60.7 Å². The maximum atomic E-state index is 5.80. The van der Waals surface area contributed by atoms with Crippen LogP contribution in [0.25, 0.3) is 0 Å². The third-order valence-electron chi connectivity index (χ3n) is 3.54. The molecule has 21 heavy (non-hydrogen) atoms. The molecule has 3 N–H and O–H groups in total. The summed E-state index contributed by atoms with van der Waals surface area (Å²) in [7, 11) is 0. The van der Waals surface area contributed by atoms with Crippen LogP contribution in [-0.4, -0.2) is 18.8 Å². The van der Waals surface area contributed by atoms with E-state index < -0.39 is 0 Å². The minimum Gasteiger partial charge on any atom is -0.377 e. The summed E-state index contributed by atoms with van der Waals surface area (Å²) >= 11 is 0. The Morgan fingerprint density at radius 3 is 1.76 bits per heavy atom. The molecule has 3 heteroatoms. The van der Waals surface area contributed by atoms with Crippen LogP contribution in [0.3, 0.4) is 0 Å². The minimum absolute atomic E-state index is 0.0252. The molecule has 0 amide bonds. The molecule has 0 aliphatic heterocycles. The van der Waals surface area contributed by atoms with E-state index in [2.05, 4.69) is 54.0 Å². The molecule has 2 aromatic rings. The van der Waals surface area contributed by atoms with Crippen molar-refractivity contribution in [2.45, 2.75) is 31.9 Å². The van der Waals surface area contributed by atoms with Gasteiger partial charge in [0.2, 0.25) is 0 Å². The van der Waals surface area contributed by atoms with Crippen molar-refractivity contribution in [1.29, 1.82) is 0 Å². The Morgan fingerprint density at radius 1 is 0.905 bits per heavy atom. The summed E-state index contributed by atoms with van der Waals surface area (Å²) in [6, 6.07) is 20.9. The van der Waals surface area contributed by atoms with E-state index in [-0.39, 0.29) is 18.1 Å². The van der Waals surface area contributed by atoms with Crippen LogP contribution in [0.2, 0.25) is 0 Å². The Labute approximate surface area is 127 Å². The standard InChI is InChI=1S/C18H24N2O/c1-14(2)21-13-17(20-19)18(15-9-5-3-6-10-15)16-11-7-4-8-12-16/h3-12,14,17-18,20H,13,19H2,1-2H3. The van der Waals surface area contributed by atoms with Crippen LogP contribution in [-0.2, 0) is 4.74 Å².